The Balaban J connectivity index is 3.03. The molecule has 1 heterocycles. The molecule has 0 aromatic heterocycles. The second-order valence-corrected chi connectivity index (χ2v) is 12.7. The van der Waals surface area contributed by atoms with Gasteiger partial charge in [0.15, 0.2) is 0 Å². The molecule has 276 valence electrons. The number of nitrogens with two attached hydrogens (primary N) is 1. The lowest BCUT2D eigenvalue weighted by Crippen LogP contribution is -2.63. The molecule has 1 saturated heterocycles. The first kappa shape index (κ1) is 42.2. The molecule has 0 unspecified atom stereocenters. The number of β-amino-alcohol motifs (C(OH)–C–C–N with tert-alkyl or cyclic N) is 1. The van der Waals surface area contributed by atoms with Crippen molar-refractivity contribution in [1.29, 1.82) is 0 Å². The molecule has 6 atom stereocenters. The fraction of sp³-hybridized carbons (Fsp3) is 0.690. The van der Waals surface area contributed by atoms with Crippen LogP contribution in [0.2, 0.25) is 0 Å². The third-order valence-electron chi connectivity index (χ3n) is 7.25. The summed E-state index contributed by atoms with van der Waals surface area (Å²) in [5, 5.41) is 44.8. The third-order valence-corrected chi connectivity index (χ3v) is 7.25. The maximum Gasteiger partial charge on any atom is 0.325 e. The Kier molecular flexibility index (Phi) is 16.5. The summed E-state index contributed by atoms with van der Waals surface area (Å²) >= 11 is 0. The highest BCUT2D eigenvalue weighted by molar-refractivity contribution is 5.99. The number of hydrogen-bond donors (Lipinski definition) is 11. The number of amides is 7. The smallest absolute Gasteiger partial charge is 0.325 e. The summed E-state index contributed by atoms with van der Waals surface area (Å²) in [6.07, 6.45) is -2.21. The van der Waals surface area contributed by atoms with E-state index in [4.69, 9.17) is 10.8 Å². The van der Waals surface area contributed by atoms with Crippen LogP contribution in [0.3, 0.4) is 0 Å². The lowest BCUT2D eigenvalue weighted by molar-refractivity contribution is -0.142. The van der Waals surface area contributed by atoms with Crippen molar-refractivity contribution in [2.75, 3.05) is 13.1 Å². The summed E-state index contributed by atoms with van der Waals surface area (Å²) in [5.74, 6) is -9.10. The van der Waals surface area contributed by atoms with Gasteiger partial charge in [0.05, 0.1) is 25.1 Å². The van der Waals surface area contributed by atoms with E-state index in [1.165, 1.54) is 20.8 Å². The minimum absolute atomic E-state index is 0.105. The van der Waals surface area contributed by atoms with Crippen LogP contribution in [0.4, 0.5) is 0 Å². The van der Waals surface area contributed by atoms with E-state index in [9.17, 15) is 53.4 Å². The zero-order valence-electron chi connectivity index (χ0n) is 28.1. The Hall–Kier alpha value is -4.85. The summed E-state index contributed by atoms with van der Waals surface area (Å²) < 4.78 is 0. The van der Waals surface area contributed by atoms with Gasteiger partial charge in [-0.05, 0) is 46.0 Å². The molecule has 1 aliphatic heterocycles. The zero-order chi connectivity index (χ0) is 37.6. The van der Waals surface area contributed by atoms with Gasteiger partial charge in [-0.25, -0.2) is 0 Å². The normalized spacial score (nSPS) is 18.2. The van der Waals surface area contributed by atoms with Crippen molar-refractivity contribution in [2.24, 2.45) is 11.7 Å². The van der Waals surface area contributed by atoms with E-state index in [-0.39, 0.29) is 31.7 Å². The van der Waals surface area contributed by atoms with E-state index < -0.39 is 115 Å². The number of primary amides is 1. The van der Waals surface area contributed by atoms with E-state index in [1.807, 2.05) is 0 Å². The van der Waals surface area contributed by atoms with Crippen molar-refractivity contribution in [3.8, 4) is 0 Å². The Morgan fingerprint density at radius 3 is 1.98 bits per heavy atom. The molecule has 20 nitrogen and oxygen atoms in total. The van der Waals surface area contributed by atoms with Gasteiger partial charge in [-0.3, -0.25) is 43.2 Å². The first-order valence-corrected chi connectivity index (χ1v) is 15.6. The predicted octanol–water partition coefficient (Wildman–Crippen LogP) is -4.45. The van der Waals surface area contributed by atoms with Gasteiger partial charge >= 0.3 is 11.9 Å². The van der Waals surface area contributed by atoms with Gasteiger partial charge in [-0.15, -0.1) is 0 Å². The quantitative estimate of drug-likeness (QED) is 0.0572. The van der Waals surface area contributed by atoms with Crippen LogP contribution in [0.25, 0.3) is 0 Å². The number of carboxylic acids is 2. The molecular weight excluding hydrogens is 652 g/mol. The first-order chi connectivity index (χ1) is 22.6. The van der Waals surface area contributed by atoms with E-state index in [2.05, 4.69) is 37.2 Å². The second kappa shape index (κ2) is 19.2. The van der Waals surface area contributed by atoms with Crippen LogP contribution in [-0.4, -0.2) is 124 Å². The molecule has 0 saturated carbocycles. The Morgan fingerprint density at radius 2 is 1.47 bits per heavy atom. The Morgan fingerprint density at radius 1 is 0.857 bits per heavy atom. The van der Waals surface area contributed by atoms with Crippen molar-refractivity contribution >= 4 is 53.3 Å². The predicted molar refractivity (Wildman–Crippen MR) is 169 cm³/mol. The minimum Gasteiger partial charge on any atom is -0.481 e. The zero-order valence-corrected chi connectivity index (χ0v) is 28.1. The third kappa shape index (κ3) is 15.3. The van der Waals surface area contributed by atoms with Crippen molar-refractivity contribution < 1.29 is 58.5 Å². The number of carbonyl (C=O) groups is 9. The minimum atomic E-state index is -1.80. The monoisotopic (exact) mass is 700 g/mol. The average Bonchev–Trinajstić information content (AvgIpc) is 3.42. The number of aliphatic hydroxyl groups excluding tert-OH is 1. The van der Waals surface area contributed by atoms with E-state index in [0.29, 0.717) is 0 Å². The number of carboxylic acid groups (broad SMARTS) is 2. The highest BCUT2D eigenvalue weighted by Crippen LogP contribution is 2.11. The maximum atomic E-state index is 13.2. The van der Waals surface area contributed by atoms with Crippen LogP contribution in [0.1, 0.15) is 66.7 Å². The molecule has 0 aliphatic carbocycles. The molecule has 20 heteroatoms. The molecule has 7 amide bonds. The summed E-state index contributed by atoms with van der Waals surface area (Å²) in [4.78, 5) is 111. The van der Waals surface area contributed by atoms with Crippen LogP contribution in [-0.2, 0) is 43.2 Å². The largest absolute Gasteiger partial charge is 0.481 e. The van der Waals surface area contributed by atoms with Crippen LogP contribution in [0.5, 0.6) is 0 Å². The van der Waals surface area contributed by atoms with Crippen LogP contribution in [0.15, 0.2) is 0 Å². The molecular formula is C29H48N8O12. The molecule has 0 bridgehead atoms. The lowest BCUT2D eigenvalue weighted by atomic mass is 9.98. The van der Waals surface area contributed by atoms with Crippen LogP contribution in [0, 0.1) is 5.92 Å². The lowest BCUT2D eigenvalue weighted by Gasteiger charge is -2.30. The average molecular weight is 701 g/mol. The molecule has 12 N–H and O–H groups in total. The van der Waals surface area contributed by atoms with E-state index in [1.54, 1.807) is 13.8 Å². The maximum absolute atomic E-state index is 13.2. The summed E-state index contributed by atoms with van der Waals surface area (Å²) in [6.45, 7) is 6.84. The van der Waals surface area contributed by atoms with E-state index >= 15 is 0 Å². The van der Waals surface area contributed by atoms with Crippen molar-refractivity contribution in [3.63, 3.8) is 0 Å². The number of rotatable bonds is 20. The number of aliphatic hydroxyl groups is 1. The molecule has 1 aliphatic rings. The molecule has 1 fully saturated rings. The molecule has 0 spiro atoms. The Labute approximate surface area is 282 Å². The summed E-state index contributed by atoms with van der Waals surface area (Å²) in [5.41, 5.74) is 3.38. The van der Waals surface area contributed by atoms with Gasteiger partial charge in [0, 0.05) is 13.0 Å². The second-order valence-electron chi connectivity index (χ2n) is 12.7. The van der Waals surface area contributed by atoms with Gasteiger partial charge in [-0.2, -0.15) is 0 Å². The molecule has 0 aromatic carbocycles. The van der Waals surface area contributed by atoms with Crippen LogP contribution < -0.4 is 43.0 Å². The number of carbonyl (C=O) groups excluding carboxylic acids is 7. The van der Waals surface area contributed by atoms with Gasteiger partial charge in [0.2, 0.25) is 41.4 Å². The number of nitrogens with one attached hydrogen (secondary N) is 7. The molecule has 49 heavy (non-hydrogen) atoms. The van der Waals surface area contributed by atoms with Crippen LogP contribution >= 0.6 is 0 Å². The van der Waals surface area contributed by atoms with Crippen molar-refractivity contribution in [1.82, 2.24) is 37.2 Å². The van der Waals surface area contributed by atoms with Crippen molar-refractivity contribution in [3.05, 3.63) is 0 Å². The van der Waals surface area contributed by atoms with Gasteiger partial charge < -0.3 is 58.3 Å². The number of aliphatic carboxylic acids is 2. The summed E-state index contributed by atoms with van der Waals surface area (Å²) in [6, 6.07) is -6.49. The summed E-state index contributed by atoms with van der Waals surface area (Å²) in [7, 11) is 0. The number of hydrogen-bond acceptors (Lipinski definition) is 11. The first-order valence-electron chi connectivity index (χ1n) is 15.6. The Bertz CT molecular complexity index is 1270. The highest BCUT2D eigenvalue weighted by atomic mass is 16.4. The molecule has 0 radical (unpaired) electrons. The molecule has 1 rings (SSSR count). The fourth-order valence-electron chi connectivity index (χ4n) is 4.53. The van der Waals surface area contributed by atoms with Gasteiger partial charge in [0.1, 0.15) is 29.7 Å². The van der Waals surface area contributed by atoms with Gasteiger partial charge in [-0.1, -0.05) is 13.8 Å². The van der Waals surface area contributed by atoms with Gasteiger partial charge in [0.25, 0.3) is 0 Å². The molecule has 0 aromatic rings. The highest BCUT2D eigenvalue weighted by Gasteiger charge is 2.37. The topological polar surface area (TPSA) is 325 Å². The van der Waals surface area contributed by atoms with E-state index in [0.717, 1.165) is 0 Å². The SMILES string of the molecule is CC(C)C[C@H](NC(=O)C(C)(C)NC(=O)[C@H](CC(=O)O)NC(=O)[C@H](CCC(N)=O)NC(=O)CNC(=O)[C@@H]1C[C@@H](O)CN1)C(=O)N[C@@H](C)C(=O)O. The fourth-order valence-corrected chi connectivity index (χ4v) is 4.53. The van der Waals surface area contributed by atoms with Crippen molar-refractivity contribution in [2.45, 2.75) is 109 Å². The standard InChI is InChI=1S/C29H48N8O12/c1-13(2)8-18(25(45)33-14(3)27(47)48)36-28(49)29(4,5)37-26(46)19(10-22(41)42)35-24(44)16(6-7-20(30)39)34-21(40)12-32-23(43)17-9-15(38)11-31-17/h13-19,31,38H,6-12H2,1-5H3,(H2,30,39)(H,32,43)(H,33,45)(H,34,40)(H,35,44)(H,36,49)(H,37,46)(H,41,42)(H,47,48)/t14-,15+,16-,17-,18-,19-/m0/s1.